The molecule has 0 unspecified atom stereocenters. The summed E-state index contributed by atoms with van der Waals surface area (Å²) in [4.78, 5) is 29.6. The summed E-state index contributed by atoms with van der Waals surface area (Å²) in [5, 5.41) is 11.2. The fourth-order valence-electron chi connectivity index (χ4n) is 2.76. The summed E-state index contributed by atoms with van der Waals surface area (Å²) in [7, 11) is 0. The molecule has 1 aliphatic carbocycles. The Hall–Kier alpha value is -3.00. The largest absolute Gasteiger partial charge is 0.317 e. The Morgan fingerprint density at radius 3 is 2.59 bits per heavy atom. The van der Waals surface area contributed by atoms with E-state index < -0.39 is 0 Å². The predicted octanol–water partition coefficient (Wildman–Crippen LogP) is 4.23. The van der Waals surface area contributed by atoms with E-state index in [0.29, 0.717) is 21.5 Å². The van der Waals surface area contributed by atoms with Gasteiger partial charge in [-0.3, -0.25) is 9.59 Å². The summed E-state index contributed by atoms with van der Waals surface area (Å²) >= 11 is 1.26. The van der Waals surface area contributed by atoms with Gasteiger partial charge in [0.2, 0.25) is 5.91 Å². The van der Waals surface area contributed by atoms with E-state index in [0.717, 1.165) is 18.5 Å². The van der Waals surface area contributed by atoms with Crippen molar-refractivity contribution in [1.82, 2.24) is 14.8 Å². The molecule has 1 fully saturated rings. The zero-order valence-electron chi connectivity index (χ0n) is 16.6. The number of hydrogen-bond donors (Lipinski definition) is 2. The zero-order valence-corrected chi connectivity index (χ0v) is 17.4. The van der Waals surface area contributed by atoms with Gasteiger partial charge in [-0.15, -0.1) is 11.3 Å². The average Bonchev–Trinajstić information content (AvgIpc) is 3.28. The van der Waals surface area contributed by atoms with Crippen LogP contribution in [0.15, 0.2) is 42.6 Å². The molecule has 8 heteroatoms. The van der Waals surface area contributed by atoms with Crippen LogP contribution in [0.4, 0.5) is 10.8 Å². The number of hydrogen-bond acceptors (Lipinski definition) is 5. The molecule has 4 rings (SSSR count). The lowest BCUT2D eigenvalue weighted by atomic mass is 9.92. The van der Waals surface area contributed by atoms with Crippen LogP contribution in [0.5, 0.6) is 0 Å². The van der Waals surface area contributed by atoms with E-state index in [1.807, 2.05) is 24.3 Å². The van der Waals surface area contributed by atoms with E-state index in [2.05, 4.69) is 41.5 Å². The molecule has 0 aromatic carbocycles. The molecular formula is C21H23N5O2S. The van der Waals surface area contributed by atoms with E-state index in [1.165, 1.54) is 11.3 Å². The van der Waals surface area contributed by atoms with Crippen molar-refractivity contribution in [2.24, 2.45) is 5.92 Å². The van der Waals surface area contributed by atoms with Crippen LogP contribution in [-0.4, -0.2) is 26.6 Å². The highest BCUT2D eigenvalue weighted by atomic mass is 32.1. The third kappa shape index (κ3) is 4.37. The van der Waals surface area contributed by atoms with Gasteiger partial charge in [0, 0.05) is 23.6 Å². The summed E-state index contributed by atoms with van der Waals surface area (Å²) in [6.07, 6.45) is 3.57. The molecule has 29 heavy (non-hydrogen) atoms. The van der Waals surface area contributed by atoms with E-state index >= 15 is 0 Å². The van der Waals surface area contributed by atoms with Crippen LogP contribution in [0.2, 0.25) is 0 Å². The number of aromatic nitrogens is 3. The smallest absolute Gasteiger partial charge is 0.266 e. The SMILES string of the molecule is CC(C)(C)c1cc(NC(=O)c2ccc(NC(=O)C3CC3)s2)n(-c2ccccn2)n1. The van der Waals surface area contributed by atoms with E-state index in [4.69, 9.17) is 0 Å². The Kier molecular flexibility index (Phi) is 4.96. The fraction of sp³-hybridized carbons (Fsp3) is 0.333. The third-order valence-electron chi connectivity index (χ3n) is 4.61. The van der Waals surface area contributed by atoms with Crippen molar-refractivity contribution in [3.8, 4) is 5.82 Å². The highest BCUT2D eigenvalue weighted by molar-refractivity contribution is 7.18. The van der Waals surface area contributed by atoms with Gasteiger partial charge in [0.05, 0.1) is 15.6 Å². The second-order valence-corrected chi connectivity index (χ2v) is 9.23. The topological polar surface area (TPSA) is 88.9 Å². The number of nitrogens with one attached hydrogen (secondary N) is 2. The van der Waals surface area contributed by atoms with Gasteiger partial charge in [-0.25, -0.2) is 4.98 Å². The Labute approximate surface area is 173 Å². The van der Waals surface area contributed by atoms with Crippen molar-refractivity contribution in [3.05, 3.63) is 53.2 Å². The third-order valence-corrected chi connectivity index (χ3v) is 5.61. The summed E-state index contributed by atoms with van der Waals surface area (Å²) in [6.45, 7) is 6.20. The van der Waals surface area contributed by atoms with Gasteiger partial charge in [0.25, 0.3) is 5.91 Å². The minimum absolute atomic E-state index is 0.0295. The number of anilines is 2. The van der Waals surface area contributed by atoms with Gasteiger partial charge in [-0.2, -0.15) is 9.78 Å². The lowest BCUT2D eigenvalue weighted by Gasteiger charge is -2.13. The molecular weight excluding hydrogens is 386 g/mol. The zero-order chi connectivity index (χ0) is 20.6. The average molecular weight is 410 g/mol. The summed E-state index contributed by atoms with van der Waals surface area (Å²) in [5.74, 6) is 1.08. The van der Waals surface area contributed by atoms with Gasteiger partial charge in [-0.05, 0) is 37.1 Å². The molecule has 0 aliphatic heterocycles. The Morgan fingerprint density at radius 1 is 1.14 bits per heavy atom. The first-order chi connectivity index (χ1) is 13.8. The Balaban J connectivity index is 1.56. The Bertz CT molecular complexity index is 1040. The first-order valence-electron chi connectivity index (χ1n) is 9.55. The quantitative estimate of drug-likeness (QED) is 0.660. The molecule has 0 radical (unpaired) electrons. The molecule has 0 bridgehead atoms. The first-order valence-corrected chi connectivity index (χ1v) is 10.4. The lowest BCUT2D eigenvalue weighted by Crippen LogP contribution is -2.15. The van der Waals surface area contributed by atoms with Crippen LogP contribution in [0.25, 0.3) is 5.82 Å². The number of pyridine rings is 1. The van der Waals surface area contributed by atoms with Crippen molar-refractivity contribution in [2.75, 3.05) is 10.6 Å². The number of thiophene rings is 1. The molecule has 150 valence electrons. The molecule has 7 nitrogen and oxygen atoms in total. The minimum Gasteiger partial charge on any atom is -0.317 e. The van der Waals surface area contributed by atoms with Crippen molar-refractivity contribution < 1.29 is 9.59 Å². The Morgan fingerprint density at radius 2 is 1.93 bits per heavy atom. The molecule has 0 atom stereocenters. The van der Waals surface area contributed by atoms with Crippen molar-refractivity contribution in [2.45, 2.75) is 39.0 Å². The highest BCUT2D eigenvalue weighted by Gasteiger charge is 2.30. The van der Waals surface area contributed by atoms with Gasteiger partial charge in [0.15, 0.2) is 5.82 Å². The molecule has 3 aromatic heterocycles. The standard InChI is InChI=1S/C21H23N5O2S/c1-21(2,3)15-12-17(26(25-15)16-6-4-5-11-22-16)23-20(28)14-9-10-18(29-14)24-19(27)13-7-8-13/h4-6,9-13H,7-8H2,1-3H3,(H,23,28)(H,24,27). The van der Waals surface area contributed by atoms with Crippen LogP contribution in [0, 0.1) is 5.92 Å². The maximum atomic E-state index is 12.8. The number of nitrogens with zero attached hydrogens (tertiary/aromatic N) is 3. The van der Waals surface area contributed by atoms with Gasteiger partial charge in [0.1, 0.15) is 5.82 Å². The normalized spacial score (nSPS) is 13.9. The molecule has 0 spiro atoms. The number of amides is 2. The molecule has 1 aliphatic rings. The fourth-order valence-corrected chi connectivity index (χ4v) is 3.57. The maximum absolute atomic E-state index is 12.8. The molecule has 3 aromatic rings. The van der Waals surface area contributed by atoms with Gasteiger partial charge in [-0.1, -0.05) is 26.8 Å². The number of carbonyl (C=O) groups is 2. The summed E-state index contributed by atoms with van der Waals surface area (Å²) in [6, 6.07) is 10.9. The van der Waals surface area contributed by atoms with Crippen LogP contribution < -0.4 is 10.6 Å². The second-order valence-electron chi connectivity index (χ2n) is 8.15. The molecule has 1 saturated carbocycles. The number of rotatable bonds is 5. The second kappa shape index (κ2) is 7.44. The van der Waals surface area contributed by atoms with Crippen LogP contribution >= 0.6 is 11.3 Å². The van der Waals surface area contributed by atoms with Crippen molar-refractivity contribution in [1.29, 1.82) is 0 Å². The summed E-state index contributed by atoms with van der Waals surface area (Å²) < 4.78 is 1.64. The van der Waals surface area contributed by atoms with E-state index in [9.17, 15) is 9.59 Å². The monoisotopic (exact) mass is 409 g/mol. The molecule has 0 saturated heterocycles. The van der Waals surface area contributed by atoms with Crippen molar-refractivity contribution >= 4 is 34.0 Å². The van der Waals surface area contributed by atoms with Gasteiger partial charge < -0.3 is 10.6 Å². The van der Waals surface area contributed by atoms with E-state index in [-0.39, 0.29) is 23.1 Å². The maximum Gasteiger partial charge on any atom is 0.266 e. The predicted molar refractivity (Wildman–Crippen MR) is 114 cm³/mol. The lowest BCUT2D eigenvalue weighted by molar-refractivity contribution is -0.117. The van der Waals surface area contributed by atoms with Crippen LogP contribution in [0.3, 0.4) is 0 Å². The molecule has 2 N–H and O–H groups in total. The van der Waals surface area contributed by atoms with Crippen LogP contribution in [-0.2, 0) is 10.2 Å². The van der Waals surface area contributed by atoms with E-state index in [1.54, 1.807) is 23.0 Å². The van der Waals surface area contributed by atoms with Gasteiger partial charge >= 0.3 is 0 Å². The summed E-state index contributed by atoms with van der Waals surface area (Å²) in [5.41, 5.74) is 0.671. The minimum atomic E-state index is -0.250. The van der Waals surface area contributed by atoms with Crippen LogP contribution in [0.1, 0.15) is 49.0 Å². The highest BCUT2D eigenvalue weighted by Crippen LogP contribution is 2.32. The molecule has 2 amide bonds. The number of carbonyl (C=O) groups excluding carboxylic acids is 2. The van der Waals surface area contributed by atoms with Crippen molar-refractivity contribution in [3.63, 3.8) is 0 Å². The molecule has 3 heterocycles. The first kappa shape index (κ1) is 19.3.